The van der Waals surface area contributed by atoms with Crippen molar-refractivity contribution < 1.29 is 19.0 Å². The van der Waals surface area contributed by atoms with Gasteiger partial charge in [-0.3, -0.25) is 4.79 Å². The molecule has 1 aliphatic carbocycles. The van der Waals surface area contributed by atoms with Crippen LogP contribution in [0.15, 0.2) is 48.8 Å². The average molecular weight is 461 g/mol. The van der Waals surface area contributed by atoms with E-state index in [0.717, 1.165) is 42.3 Å². The smallest absolute Gasteiger partial charge is 0.316 e. The maximum absolute atomic E-state index is 15.0. The van der Waals surface area contributed by atoms with Crippen LogP contribution in [-0.2, 0) is 4.79 Å². The number of imidazole rings is 1. The van der Waals surface area contributed by atoms with Gasteiger partial charge in [-0.25, -0.2) is 19.3 Å². The van der Waals surface area contributed by atoms with E-state index in [1.807, 2.05) is 31.2 Å². The fourth-order valence-electron chi connectivity index (χ4n) is 4.51. The monoisotopic (exact) mass is 460 g/mol. The van der Waals surface area contributed by atoms with Crippen LogP contribution in [0, 0.1) is 18.7 Å². The Labute approximate surface area is 196 Å². The Balaban J connectivity index is 1.26. The summed E-state index contributed by atoms with van der Waals surface area (Å²) < 4.78 is 20.8. The van der Waals surface area contributed by atoms with Crippen molar-refractivity contribution >= 4 is 17.0 Å². The number of carbonyl (C=O) groups is 1. The number of hydrogen-bond donors (Lipinski definition) is 2. The van der Waals surface area contributed by atoms with E-state index in [1.54, 1.807) is 18.5 Å². The molecule has 2 aromatic carbocycles. The van der Waals surface area contributed by atoms with E-state index < -0.39 is 5.97 Å². The number of aryl methyl sites for hydroxylation is 1. The minimum absolute atomic E-state index is 0.0137. The van der Waals surface area contributed by atoms with Gasteiger partial charge in [-0.05, 0) is 73.9 Å². The molecule has 5 rings (SSSR count). The molecular weight excluding hydrogens is 435 g/mol. The normalized spacial score (nSPS) is 18.2. The molecule has 0 saturated heterocycles. The van der Waals surface area contributed by atoms with Crippen molar-refractivity contribution in [2.24, 2.45) is 5.92 Å². The Morgan fingerprint density at radius 2 is 1.85 bits per heavy atom. The van der Waals surface area contributed by atoms with Crippen molar-refractivity contribution in [3.05, 3.63) is 60.2 Å². The van der Waals surface area contributed by atoms with Crippen molar-refractivity contribution in [1.82, 2.24) is 19.9 Å². The van der Waals surface area contributed by atoms with Crippen LogP contribution in [0.3, 0.4) is 0 Å². The van der Waals surface area contributed by atoms with Crippen molar-refractivity contribution in [3.8, 4) is 28.5 Å². The summed E-state index contributed by atoms with van der Waals surface area (Å²) in [5.74, 6) is -0.433. The van der Waals surface area contributed by atoms with Crippen LogP contribution in [0.2, 0.25) is 0 Å². The molecule has 0 radical (unpaired) electrons. The van der Waals surface area contributed by atoms with E-state index in [0.29, 0.717) is 22.5 Å². The van der Waals surface area contributed by atoms with Crippen LogP contribution < -0.4 is 4.74 Å². The summed E-state index contributed by atoms with van der Waals surface area (Å²) in [5, 5.41) is 8.94. The molecule has 0 bridgehead atoms. The number of aromatic nitrogens is 4. The second-order valence-corrected chi connectivity index (χ2v) is 8.91. The molecule has 1 fully saturated rings. The van der Waals surface area contributed by atoms with Gasteiger partial charge in [0.05, 0.1) is 16.6 Å². The first-order chi connectivity index (χ1) is 16.4. The van der Waals surface area contributed by atoms with Crippen LogP contribution >= 0.6 is 0 Å². The van der Waals surface area contributed by atoms with Gasteiger partial charge in [0.15, 0.2) is 0 Å². The number of benzene rings is 2. The molecule has 8 heteroatoms. The lowest BCUT2D eigenvalue weighted by Crippen LogP contribution is -2.25. The number of fused-ring (bicyclic) bond motifs is 1. The zero-order valence-electron chi connectivity index (χ0n) is 18.8. The first kappa shape index (κ1) is 22.0. The predicted molar refractivity (Wildman–Crippen MR) is 126 cm³/mol. The van der Waals surface area contributed by atoms with E-state index in [-0.39, 0.29) is 30.3 Å². The molecule has 0 amide bonds. The van der Waals surface area contributed by atoms with E-state index in [1.165, 1.54) is 6.07 Å². The zero-order valence-corrected chi connectivity index (χ0v) is 18.8. The highest BCUT2D eigenvalue weighted by molar-refractivity contribution is 5.80. The second-order valence-electron chi connectivity index (χ2n) is 8.91. The molecule has 0 aliphatic heterocycles. The first-order valence-corrected chi connectivity index (χ1v) is 11.4. The van der Waals surface area contributed by atoms with Gasteiger partial charge < -0.3 is 14.8 Å². The Morgan fingerprint density at radius 1 is 1.09 bits per heavy atom. The first-order valence-electron chi connectivity index (χ1n) is 11.4. The summed E-state index contributed by atoms with van der Waals surface area (Å²) in [4.78, 5) is 27.2. The number of rotatable bonds is 6. The number of ether oxygens (including phenoxy) is 1. The van der Waals surface area contributed by atoms with Gasteiger partial charge in [0.1, 0.15) is 17.7 Å². The van der Waals surface area contributed by atoms with Gasteiger partial charge in [-0.1, -0.05) is 12.1 Å². The molecule has 2 heterocycles. The highest BCUT2D eigenvalue weighted by atomic mass is 19.1. The highest BCUT2D eigenvalue weighted by Crippen LogP contribution is 2.30. The highest BCUT2D eigenvalue weighted by Gasteiger charge is 2.24. The molecule has 1 saturated carbocycles. The standard InChI is InChI=1S/C26H25FN4O3/c1-15-2-9-22-23(10-15)31-25(30-22)20-8-5-17(12-21(20)27)18-13-28-26(29-14-18)34-19-6-3-16(4-7-19)11-24(32)33/h2,5,8-10,12-14,16,19H,3-4,6-7,11H2,1H3,(H,30,31)(H,32,33). The summed E-state index contributed by atoms with van der Waals surface area (Å²) in [7, 11) is 0. The molecule has 0 spiro atoms. The minimum atomic E-state index is -0.750. The summed E-state index contributed by atoms with van der Waals surface area (Å²) >= 11 is 0. The number of halogens is 1. The predicted octanol–water partition coefficient (Wildman–Crippen LogP) is 5.55. The summed E-state index contributed by atoms with van der Waals surface area (Å²) in [6.45, 7) is 2.00. The van der Waals surface area contributed by atoms with Crippen LogP contribution in [0.5, 0.6) is 6.01 Å². The number of carboxylic acids is 1. The Kier molecular flexibility index (Phi) is 5.96. The second kappa shape index (κ2) is 9.21. The van der Waals surface area contributed by atoms with Gasteiger partial charge >= 0.3 is 12.0 Å². The number of hydrogen-bond acceptors (Lipinski definition) is 5. The third kappa shape index (κ3) is 4.76. The van der Waals surface area contributed by atoms with Gasteiger partial charge in [0, 0.05) is 24.4 Å². The molecular formula is C26H25FN4O3. The molecule has 0 atom stereocenters. The number of nitrogens with zero attached hydrogens (tertiary/aromatic N) is 3. The lowest BCUT2D eigenvalue weighted by atomic mass is 9.85. The summed E-state index contributed by atoms with van der Waals surface area (Å²) in [5.41, 5.74) is 4.52. The molecule has 174 valence electrons. The van der Waals surface area contributed by atoms with Gasteiger partial charge in [-0.15, -0.1) is 0 Å². The van der Waals surface area contributed by atoms with E-state index in [4.69, 9.17) is 9.84 Å². The van der Waals surface area contributed by atoms with Gasteiger partial charge in [-0.2, -0.15) is 0 Å². The summed E-state index contributed by atoms with van der Waals surface area (Å²) in [6, 6.07) is 11.1. The number of H-pyrrole nitrogens is 1. The average Bonchev–Trinajstić information content (AvgIpc) is 3.23. The van der Waals surface area contributed by atoms with Gasteiger partial charge in [0.2, 0.25) is 0 Å². The molecule has 4 aromatic rings. The Bertz CT molecular complexity index is 1330. The largest absolute Gasteiger partial charge is 0.481 e. The molecule has 1 aliphatic rings. The topological polar surface area (TPSA) is 101 Å². The van der Waals surface area contributed by atoms with Gasteiger partial charge in [0.25, 0.3) is 0 Å². The third-order valence-electron chi connectivity index (χ3n) is 6.35. The minimum Gasteiger partial charge on any atom is -0.481 e. The third-order valence-corrected chi connectivity index (χ3v) is 6.35. The van der Waals surface area contributed by atoms with Crippen LogP contribution in [-0.4, -0.2) is 37.1 Å². The van der Waals surface area contributed by atoms with E-state index in [2.05, 4.69) is 19.9 Å². The van der Waals surface area contributed by atoms with E-state index in [9.17, 15) is 9.18 Å². The lowest BCUT2D eigenvalue weighted by molar-refractivity contribution is -0.138. The number of carboxylic acid groups (broad SMARTS) is 1. The Hall–Kier alpha value is -3.81. The fourth-order valence-corrected chi connectivity index (χ4v) is 4.51. The van der Waals surface area contributed by atoms with E-state index >= 15 is 0 Å². The SMILES string of the molecule is Cc1ccc2nc(-c3ccc(-c4cnc(OC5CCC(CC(=O)O)CC5)nc4)cc3F)[nH]c2c1. The van der Waals surface area contributed by atoms with Crippen molar-refractivity contribution in [2.75, 3.05) is 0 Å². The molecule has 0 unspecified atom stereocenters. The molecule has 34 heavy (non-hydrogen) atoms. The Morgan fingerprint density at radius 3 is 2.56 bits per heavy atom. The number of aliphatic carboxylic acids is 1. The maximum Gasteiger partial charge on any atom is 0.316 e. The van der Waals surface area contributed by atoms with Crippen LogP contribution in [0.4, 0.5) is 4.39 Å². The molecule has 2 N–H and O–H groups in total. The summed E-state index contributed by atoms with van der Waals surface area (Å²) in [6.07, 6.45) is 6.67. The van der Waals surface area contributed by atoms with Crippen molar-refractivity contribution in [3.63, 3.8) is 0 Å². The fraction of sp³-hybridized carbons (Fsp3) is 0.308. The van der Waals surface area contributed by atoms with Crippen LogP contribution in [0.1, 0.15) is 37.7 Å². The maximum atomic E-state index is 15.0. The molecule has 7 nitrogen and oxygen atoms in total. The number of nitrogens with one attached hydrogen (secondary N) is 1. The van der Waals surface area contributed by atoms with Crippen molar-refractivity contribution in [2.45, 2.75) is 45.1 Å². The molecule has 2 aromatic heterocycles. The number of aromatic amines is 1. The quantitative estimate of drug-likeness (QED) is 0.391. The lowest BCUT2D eigenvalue weighted by Gasteiger charge is -2.27. The van der Waals surface area contributed by atoms with Crippen molar-refractivity contribution in [1.29, 1.82) is 0 Å². The van der Waals surface area contributed by atoms with Crippen LogP contribution in [0.25, 0.3) is 33.5 Å². The zero-order chi connectivity index (χ0) is 23.7.